The van der Waals surface area contributed by atoms with Gasteiger partial charge in [0, 0.05) is 0 Å². The minimum absolute atomic E-state index is 0. The van der Waals surface area contributed by atoms with Crippen LogP contribution in [0, 0.1) is 0 Å². The molecule has 6 N–H and O–H groups in total. The SMILES string of the molecule is F[B-](F)(F)F.[F-].[NH3+]CC[NH3+]. The maximum Gasteiger partial charge on any atom is 0.673 e. The average molecular weight is 168 g/mol. The fourth-order valence-corrected chi connectivity index (χ4v) is 0. The summed E-state index contributed by atoms with van der Waals surface area (Å²) in [6.45, 7) is 1.92. The molecule has 0 saturated heterocycles. The van der Waals surface area contributed by atoms with Gasteiger partial charge in [-0.05, 0) is 0 Å². The van der Waals surface area contributed by atoms with E-state index in [2.05, 4.69) is 11.5 Å². The summed E-state index contributed by atoms with van der Waals surface area (Å²) in [5.74, 6) is 0. The molecule has 8 heteroatoms. The highest BCUT2D eigenvalue weighted by atomic mass is 19.5. The van der Waals surface area contributed by atoms with E-state index < -0.39 is 7.25 Å². The van der Waals surface area contributed by atoms with Gasteiger partial charge in [-0.25, -0.2) is 0 Å². The molecule has 0 spiro atoms. The molecule has 2 nitrogen and oxygen atoms in total. The quantitative estimate of drug-likeness (QED) is 0.294. The predicted molar refractivity (Wildman–Crippen MR) is 25.7 cm³/mol. The van der Waals surface area contributed by atoms with Crippen molar-refractivity contribution in [2.45, 2.75) is 0 Å². The number of rotatable bonds is 1. The van der Waals surface area contributed by atoms with Gasteiger partial charge < -0.3 is 33.4 Å². The lowest BCUT2D eigenvalue weighted by Gasteiger charge is -1.94. The van der Waals surface area contributed by atoms with Crippen LogP contribution in [0.2, 0.25) is 0 Å². The third-order valence-electron chi connectivity index (χ3n) is 0.250. The molecular formula is C2H10BF5N2. The third-order valence-corrected chi connectivity index (χ3v) is 0.250. The van der Waals surface area contributed by atoms with Crippen LogP contribution in [0.1, 0.15) is 0 Å². The van der Waals surface area contributed by atoms with Crippen molar-refractivity contribution in [3.8, 4) is 0 Å². The summed E-state index contributed by atoms with van der Waals surface area (Å²) < 4.78 is 39.0. The Bertz CT molecular complexity index is 48.1. The molecule has 0 aliphatic heterocycles. The van der Waals surface area contributed by atoms with Crippen molar-refractivity contribution in [3.05, 3.63) is 0 Å². The Balaban J connectivity index is -0.0000000910. The fourth-order valence-electron chi connectivity index (χ4n) is 0. The highest BCUT2D eigenvalue weighted by Gasteiger charge is 2.20. The molecule has 0 fully saturated rings. The molecule has 0 amide bonds. The summed E-state index contributed by atoms with van der Waals surface area (Å²) in [7, 11) is -6.00. The monoisotopic (exact) mass is 168 g/mol. The van der Waals surface area contributed by atoms with Crippen molar-refractivity contribution in [2.75, 3.05) is 13.1 Å². The van der Waals surface area contributed by atoms with Gasteiger partial charge in [0.15, 0.2) is 0 Å². The van der Waals surface area contributed by atoms with E-state index in [0.717, 1.165) is 13.1 Å². The van der Waals surface area contributed by atoms with Crippen molar-refractivity contribution in [2.24, 2.45) is 0 Å². The van der Waals surface area contributed by atoms with Crippen molar-refractivity contribution >= 4 is 7.25 Å². The van der Waals surface area contributed by atoms with E-state index in [0.29, 0.717) is 0 Å². The lowest BCUT2D eigenvalue weighted by Crippen LogP contribution is -3.00. The van der Waals surface area contributed by atoms with Crippen LogP contribution >= 0.6 is 0 Å². The zero-order chi connectivity index (χ0) is 7.91. The topological polar surface area (TPSA) is 55.3 Å². The second-order valence-corrected chi connectivity index (χ2v) is 1.20. The zero-order valence-corrected chi connectivity index (χ0v) is 5.30. The summed E-state index contributed by atoms with van der Waals surface area (Å²) in [5.41, 5.74) is 7.08. The smallest absolute Gasteiger partial charge is 0.673 e. The molecule has 0 unspecified atom stereocenters. The molecule has 0 aromatic rings. The van der Waals surface area contributed by atoms with Crippen molar-refractivity contribution in [1.29, 1.82) is 0 Å². The first kappa shape index (κ1) is 16.3. The van der Waals surface area contributed by atoms with Gasteiger partial charge in [0.25, 0.3) is 0 Å². The first-order chi connectivity index (χ1) is 3.91. The van der Waals surface area contributed by atoms with Gasteiger partial charge in [-0.3, -0.25) is 0 Å². The van der Waals surface area contributed by atoms with Gasteiger partial charge in [-0.15, -0.1) is 0 Å². The maximum absolute atomic E-state index is 9.75. The Morgan fingerprint density at radius 2 is 1.00 bits per heavy atom. The summed E-state index contributed by atoms with van der Waals surface area (Å²) in [5, 5.41) is 0. The summed E-state index contributed by atoms with van der Waals surface area (Å²) in [6, 6.07) is 0. The van der Waals surface area contributed by atoms with Gasteiger partial charge in [0.05, 0.1) is 0 Å². The molecule has 0 bridgehead atoms. The van der Waals surface area contributed by atoms with E-state index in [1.54, 1.807) is 0 Å². The minimum Gasteiger partial charge on any atom is -1.00 e. The van der Waals surface area contributed by atoms with Crippen LogP contribution in [0.15, 0.2) is 0 Å². The molecule has 0 aliphatic rings. The van der Waals surface area contributed by atoms with E-state index in [1.165, 1.54) is 0 Å². The van der Waals surface area contributed by atoms with Gasteiger partial charge in [-0.1, -0.05) is 0 Å². The van der Waals surface area contributed by atoms with Gasteiger partial charge in [-0.2, -0.15) is 0 Å². The predicted octanol–water partition coefficient (Wildman–Crippen LogP) is -4.23. The van der Waals surface area contributed by atoms with Crippen LogP contribution < -0.4 is 16.2 Å². The Morgan fingerprint density at radius 1 is 0.900 bits per heavy atom. The molecule has 0 rings (SSSR count). The number of hydrogen-bond donors (Lipinski definition) is 2. The normalized spacial score (nSPS) is 9.00. The molecule has 0 aliphatic carbocycles. The van der Waals surface area contributed by atoms with Crippen LogP contribution in [-0.2, 0) is 0 Å². The molecule has 0 aromatic carbocycles. The Hall–Kier alpha value is -0.365. The van der Waals surface area contributed by atoms with Crippen molar-refractivity contribution < 1.29 is 33.4 Å². The molecule has 66 valence electrons. The van der Waals surface area contributed by atoms with E-state index >= 15 is 0 Å². The third kappa shape index (κ3) is 834. The number of hydrogen-bond acceptors (Lipinski definition) is 0. The van der Waals surface area contributed by atoms with Crippen LogP contribution in [-0.4, -0.2) is 20.3 Å². The standard InChI is InChI=1S/C2H8N2.BF4.FH/c3-1-2-4;2-1(3,4)5;/h1-4H2;;1H/q;-1;/p+1. The van der Waals surface area contributed by atoms with Crippen molar-refractivity contribution in [1.82, 2.24) is 0 Å². The highest BCUT2D eigenvalue weighted by molar-refractivity contribution is 6.50. The lowest BCUT2D eigenvalue weighted by atomic mass is 10.3. The first-order valence-corrected chi connectivity index (χ1v) is 2.37. The number of quaternary nitrogens is 2. The largest absolute Gasteiger partial charge is 1.00 e. The second kappa shape index (κ2) is 8.63. The maximum atomic E-state index is 9.75. The van der Waals surface area contributed by atoms with Crippen LogP contribution in [0.4, 0.5) is 17.3 Å². The van der Waals surface area contributed by atoms with E-state index in [9.17, 15) is 17.3 Å². The van der Waals surface area contributed by atoms with Crippen molar-refractivity contribution in [3.63, 3.8) is 0 Å². The van der Waals surface area contributed by atoms with E-state index in [-0.39, 0.29) is 4.70 Å². The summed E-state index contributed by atoms with van der Waals surface area (Å²) >= 11 is 0. The Labute approximate surface area is 55.0 Å². The lowest BCUT2D eigenvalue weighted by molar-refractivity contribution is -0.453. The Morgan fingerprint density at radius 3 is 1.00 bits per heavy atom. The fraction of sp³-hybridized carbons (Fsp3) is 1.00. The molecule has 0 atom stereocenters. The molecule has 0 radical (unpaired) electrons. The molecule has 0 heterocycles. The molecule has 0 saturated carbocycles. The highest BCUT2D eigenvalue weighted by Crippen LogP contribution is 2.06. The van der Waals surface area contributed by atoms with Crippen LogP contribution in [0.25, 0.3) is 0 Å². The Kier molecular flexibility index (Phi) is 14.1. The minimum atomic E-state index is -6.00. The average Bonchev–Trinajstić information content (AvgIpc) is 1.61. The second-order valence-electron chi connectivity index (χ2n) is 1.20. The molecule has 10 heavy (non-hydrogen) atoms. The van der Waals surface area contributed by atoms with Gasteiger partial charge in [0.1, 0.15) is 13.1 Å². The zero-order valence-electron chi connectivity index (χ0n) is 5.30. The molecular weight excluding hydrogens is 158 g/mol. The number of halogens is 5. The van der Waals surface area contributed by atoms with E-state index in [4.69, 9.17) is 0 Å². The van der Waals surface area contributed by atoms with Gasteiger partial charge in [0.2, 0.25) is 0 Å². The summed E-state index contributed by atoms with van der Waals surface area (Å²) in [4.78, 5) is 0. The first-order valence-electron chi connectivity index (χ1n) is 2.37. The summed E-state index contributed by atoms with van der Waals surface area (Å²) in [6.07, 6.45) is 0. The van der Waals surface area contributed by atoms with Crippen LogP contribution in [0.5, 0.6) is 0 Å². The molecule has 0 aromatic heterocycles. The van der Waals surface area contributed by atoms with E-state index in [1.807, 2.05) is 0 Å². The van der Waals surface area contributed by atoms with Gasteiger partial charge >= 0.3 is 7.25 Å². The van der Waals surface area contributed by atoms with Crippen LogP contribution in [0.3, 0.4) is 0 Å².